The van der Waals surface area contributed by atoms with Gasteiger partial charge >= 0.3 is 0 Å². The predicted molar refractivity (Wildman–Crippen MR) is 120 cm³/mol. The van der Waals surface area contributed by atoms with Gasteiger partial charge in [0.05, 0.1) is 5.02 Å². The highest BCUT2D eigenvalue weighted by molar-refractivity contribution is 6.30. The Morgan fingerprint density at radius 1 is 1.13 bits per heavy atom. The highest BCUT2D eigenvalue weighted by Gasteiger charge is 2.25. The number of amides is 1. The first-order valence-electron chi connectivity index (χ1n) is 10.2. The van der Waals surface area contributed by atoms with Crippen molar-refractivity contribution < 1.29 is 13.9 Å². The first kappa shape index (κ1) is 21.1. The summed E-state index contributed by atoms with van der Waals surface area (Å²) in [5.41, 5.74) is 1.62. The SMILES string of the molecule is O=C(Nc1cccc(COc2cccc(F)c2)c1)C1CCN(c2ccc(Cl)cn2)CC1. The molecule has 1 amide bonds. The Morgan fingerprint density at radius 3 is 2.68 bits per heavy atom. The number of anilines is 2. The average Bonchev–Trinajstić information content (AvgIpc) is 2.79. The zero-order valence-corrected chi connectivity index (χ0v) is 17.7. The van der Waals surface area contributed by atoms with Crippen molar-refractivity contribution >= 4 is 29.0 Å². The van der Waals surface area contributed by atoms with Gasteiger partial charge in [0.25, 0.3) is 0 Å². The molecule has 31 heavy (non-hydrogen) atoms. The summed E-state index contributed by atoms with van der Waals surface area (Å²) in [7, 11) is 0. The number of rotatable bonds is 6. The molecule has 0 unspecified atom stereocenters. The quantitative estimate of drug-likeness (QED) is 0.565. The topological polar surface area (TPSA) is 54.5 Å². The monoisotopic (exact) mass is 439 g/mol. The van der Waals surface area contributed by atoms with E-state index in [9.17, 15) is 9.18 Å². The number of hydrogen-bond donors (Lipinski definition) is 1. The number of aromatic nitrogens is 1. The van der Waals surface area contributed by atoms with Gasteiger partial charge in [-0.15, -0.1) is 0 Å². The molecule has 1 aliphatic heterocycles. The van der Waals surface area contributed by atoms with Crippen LogP contribution in [0.4, 0.5) is 15.9 Å². The molecule has 0 bridgehead atoms. The molecule has 0 saturated carbocycles. The van der Waals surface area contributed by atoms with Gasteiger partial charge < -0.3 is 15.0 Å². The van der Waals surface area contributed by atoms with Gasteiger partial charge in [-0.05, 0) is 54.8 Å². The molecule has 0 atom stereocenters. The van der Waals surface area contributed by atoms with Crippen molar-refractivity contribution in [2.75, 3.05) is 23.3 Å². The number of benzene rings is 2. The summed E-state index contributed by atoms with van der Waals surface area (Å²) in [6.07, 6.45) is 3.16. The second-order valence-electron chi connectivity index (χ2n) is 7.53. The van der Waals surface area contributed by atoms with Gasteiger partial charge in [0.1, 0.15) is 24.0 Å². The summed E-state index contributed by atoms with van der Waals surface area (Å²) < 4.78 is 18.9. The van der Waals surface area contributed by atoms with Crippen LogP contribution in [-0.2, 0) is 11.4 Å². The second-order valence-corrected chi connectivity index (χ2v) is 7.97. The van der Waals surface area contributed by atoms with E-state index in [1.165, 1.54) is 12.1 Å². The molecule has 0 spiro atoms. The van der Waals surface area contributed by atoms with Crippen molar-refractivity contribution in [3.63, 3.8) is 0 Å². The molecule has 1 saturated heterocycles. The number of hydrogen-bond acceptors (Lipinski definition) is 4. The maximum atomic E-state index is 13.3. The van der Waals surface area contributed by atoms with Crippen molar-refractivity contribution in [2.24, 2.45) is 5.92 Å². The Morgan fingerprint density at radius 2 is 1.94 bits per heavy atom. The fraction of sp³-hybridized carbons (Fsp3) is 0.250. The Hall–Kier alpha value is -3.12. The maximum absolute atomic E-state index is 13.3. The second kappa shape index (κ2) is 9.79. The number of pyridine rings is 1. The van der Waals surface area contributed by atoms with Crippen LogP contribution in [0.1, 0.15) is 18.4 Å². The third-order valence-corrected chi connectivity index (χ3v) is 5.52. The lowest BCUT2D eigenvalue weighted by Gasteiger charge is -2.32. The van der Waals surface area contributed by atoms with Crippen LogP contribution in [0.5, 0.6) is 5.75 Å². The van der Waals surface area contributed by atoms with E-state index in [0.717, 1.165) is 43.0 Å². The molecule has 1 aromatic heterocycles. The Bertz CT molecular complexity index is 1040. The minimum Gasteiger partial charge on any atom is -0.489 e. The number of carbonyl (C=O) groups excluding carboxylic acids is 1. The lowest BCUT2D eigenvalue weighted by molar-refractivity contribution is -0.120. The minimum atomic E-state index is -0.337. The summed E-state index contributed by atoms with van der Waals surface area (Å²) in [4.78, 5) is 19.3. The Balaban J connectivity index is 1.29. The van der Waals surface area contributed by atoms with E-state index in [4.69, 9.17) is 16.3 Å². The van der Waals surface area contributed by atoms with E-state index in [0.29, 0.717) is 17.4 Å². The van der Waals surface area contributed by atoms with E-state index in [-0.39, 0.29) is 17.6 Å². The van der Waals surface area contributed by atoms with Crippen molar-refractivity contribution in [3.8, 4) is 5.75 Å². The molecule has 5 nitrogen and oxygen atoms in total. The van der Waals surface area contributed by atoms with Gasteiger partial charge in [-0.25, -0.2) is 9.37 Å². The van der Waals surface area contributed by atoms with Crippen LogP contribution < -0.4 is 15.0 Å². The standard InChI is InChI=1S/C24H23ClFN3O2/c25-19-7-8-23(27-15-19)29-11-9-18(10-12-29)24(30)28-21-5-1-3-17(13-21)16-31-22-6-2-4-20(26)14-22/h1-8,13-15,18H,9-12,16H2,(H,28,30). The van der Waals surface area contributed by atoms with Crippen LogP contribution in [0.25, 0.3) is 0 Å². The number of carbonyl (C=O) groups is 1. The molecule has 3 aromatic rings. The average molecular weight is 440 g/mol. The lowest BCUT2D eigenvalue weighted by Crippen LogP contribution is -2.38. The van der Waals surface area contributed by atoms with Crippen molar-refractivity contribution in [1.29, 1.82) is 0 Å². The fourth-order valence-electron chi connectivity index (χ4n) is 3.63. The summed E-state index contributed by atoms with van der Waals surface area (Å²) in [6.45, 7) is 1.84. The van der Waals surface area contributed by atoms with Crippen LogP contribution in [0, 0.1) is 11.7 Å². The third-order valence-electron chi connectivity index (χ3n) is 5.30. The molecule has 4 rings (SSSR count). The number of halogens is 2. The van der Waals surface area contributed by atoms with E-state index >= 15 is 0 Å². The molecule has 1 fully saturated rings. The summed E-state index contributed by atoms with van der Waals surface area (Å²) in [5.74, 6) is 0.990. The zero-order valence-electron chi connectivity index (χ0n) is 16.9. The van der Waals surface area contributed by atoms with Crippen LogP contribution in [0.15, 0.2) is 66.9 Å². The summed E-state index contributed by atoms with van der Waals surface area (Å²) in [6, 6.07) is 17.3. The van der Waals surface area contributed by atoms with Crippen LogP contribution >= 0.6 is 11.6 Å². The van der Waals surface area contributed by atoms with Crippen LogP contribution in [0.2, 0.25) is 5.02 Å². The highest BCUT2D eigenvalue weighted by atomic mass is 35.5. The maximum Gasteiger partial charge on any atom is 0.227 e. The molecular weight excluding hydrogens is 417 g/mol. The Kier molecular flexibility index (Phi) is 6.67. The van der Waals surface area contributed by atoms with Gasteiger partial charge in [-0.1, -0.05) is 29.8 Å². The molecule has 7 heteroatoms. The van der Waals surface area contributed by atoms with Crippen molar-refractivity contribution in [2.45, 2.75) is 19.4 Å². The normalized spacial score (nSPS) is 14.3. The van der Waals surface area contributed by atoms with Crippen molar-refractivity contribution in [3.05, 3.63) is 83.3 Å². The summed E-state index contributed by atoms with van der Waals surface area (Å²) in [5, 5.41) is 3.63. The fourth-order valence-corrected chi connectivity index (χ4v) is 3.74. The molecule has 0 radical (unpaired) electrons. The molecule has 2 aromatic carbocycles. The van der Waals surface area contributed by atoms with E-state index in [2.05, 4.69) is 15.2 Å². The number of ether oxygens (including phenoxy) is 1. The van der Waals surface area contributed by atoms with E-state index in [1.807, 2.05) is 36.4 Å². The minimum absolute atomic E-state index is 0.0203. The molecule has 1 N–H and O–H groups in total. The first-order chi connectivity index (χ1) is 15.1. The summed E-state index contributed by atoms with van der Waals surface area (Å²) >= 11 is 5.90. The van der Waals surface area contributed by atoms with E-state index in [1.54, 1.807) is 18.3 Å². The lowest BCUT2D eigenvalue weighted by atomic mass is 9.95. The number of piperidine rings is 1. The van der Waals surface area contributed by atoms with Crippen LogP contribution in [-0.4, -0.2) is 24.0 Å². The smallest absolute Gasteiger partial charge is 0.227 e. The molecule has 2 heterocycles. The van der Waals surface area contributed by atoms with Crippen LogP contribution in [0.3, 0.4) is 0 Å². The molecular formula is C24H23ClFN3O2. The molecule has 0 aliphatic carbocycles. The predicted octanol–water partition coefficient (Wildman–Crippen LogP) is 5.31. The first-order valence-corrected chi connectivity index (χ1v) is 10.6. The van der Waals surface area contributed by atoms with Gasteiger partial charge in [0, 0.05) is 37.0 Å². The van der Waals surface area contributed by atoms with Gasteiger partial charge in [0.2, 0.25) is 5.91 Å². The zero-order chi connectivity index (χ0) is 21.6. The van der Waals surface area contributed by atoms with Gasteiger partial charge in [-0.2, -0.15) is 0 Å². The Labute approximate surface area is 185 Å². The number of nitrogens with zero attached hydrogens (tertiary/aromatic N) is 2. The third kappa shape index (κ3) is 5.73. The molecule has 1 aliphatic rings. The van der Waals surface area contributed by atoms with Gasteiger partial charge in [0.15, 0.2) is 0 Å². The van der Waals surface area contributed by atoms with E-state index < -0.39 is 0 Å². The number of nitrogens with one attached hydrogen (secondary N) is 1. The van der Waals surface area contributed by atoms with Crippen molar-refractivity contribution in [1.82, 2.24) is 4.98 Å². The van der Waals surface area contributed by atoms with Gasteiger partial charge in [-0.3, -0.25) is 4.79 Å². The molecule has 160 valence electrons. The largest absolute Gasteiger partial charge is 0.489 e. The highest BCUT2D eigenvalue weighted by Crippen LogP contribution is 2.24.